The lowest BCUT2D eigenvalue weighted by atomic mass is 10.2. The SMILES string of the molecule is Cc1nnc(-c2ncc(F)cc2C)o1. The highest BCUT2D eigenvalue weighted by molar-refractivity contribution is 5.51. The van der Waals surface area contributed by atoms with E-state index in [0.717, 1.165) is 6.20 Å². The minimum Gasteiger partial charge on any atom is -0.420 e. The van der Waals surface area contributed by atoms with E-state index in [4.69, 9.17) is 4.42 Å². The molecule has 0 bridgehead atoms. The molecule has 2 aromatic heterocycles. The molecule has 0 aliphatic rings. The van der Waals surface area contributed by atoms with Gasteiger partial charge in [0.25, 0.3) is 5.89 Å². The fourth-order valence-electron chi connectivity index (χ4n) is 1.16. The smallest absolute Gasteiger partial charge is 0.266 e. The lowest BCUT2D eigenvalue weighted by Crippen LogP contribution is -1.90. The van der Waals surface area contributed by atoms with E-state index in [-0.39, 0.29) is 5.82 Å². The van der Waals surface area contributed by atoms with Gasteiger partial charge in [-0.3, -0.25) is 0 Å². The van der Waals surface area contributed by atoms with Gasteiger partial charge in [-0.15, -0.1) is 10.2 Å². The Morgan fingerprint density at radius 3 is 2.64 bits per heavy atom. The summed E-state index contributed by atoms with van der Waals surface area (Å²) in [4.78, 5) is 3.89. The van der Waals surface area contributed by atoms with Crippen LogP contribution in [-0.4, -0.2) is 15.2 Å². The van der Waals surface area contributed by atoms with E-state index in [1.165, 1.54) is 6.07 Å². The number of hydrogen-bond donors (Lipinski definition) is 0. The molecule has 0 unspecified atom stereocenters. The van der Waals surface area contributed by atoms with E-state index in [2.05, 4.69) is 15.2 Å². The Kier molecular flexibility index (Phi) is 1.99. The van der Waals surface area contributed by atoms with Crippen molar-refractivity contribution >= 4 is 0 Å². The van der Waals surface area contributed by atoms with E-state index in [1.807, 2.05) is 0 Å². The lowest BCUT2D eigenvalue weighted by molar-refractivity contribution is 0.530. The normalized spacial score (nSPS) is 10.5. The maximum Gasteiger partial charge on any atom is 0.266 e. The summed E-state index contributed by atoms with van der Waals surface area (Å²) in [6.07, 6.45) is 1.13. The number of rotatable bonds is 1. The van der Waals surface area contributed by atoms with Crippen LogP contribution < -0.4 is 0 Å². The van der Waals surface area contributed by atoms with Crippen LogP contribution in [-0.2, 0) is 0 Å². The van der Waals surface area contributed by atoms with Gasteiger partial charge in [0.15, 0.2) is 0 Å². The van der Waals surface area contributed by atoms with Crippen molar-refractivity contribution < 1.29 is 8.81 Å². The first-order chi connectivity index (χ1) is 6.66. The van der Waals surface area contributed by atoms with Crippen molar-refractivity contribution in [3.63, 3.8) is 0 Å². The van der Waals surface area contributed by atoms with E-state index in [9.17, 15) is 4.39 Å². The number of nitrogens with zero attached hydrogens (tertiary/aromatic N) is 3. The summed E-state index contributed by atoms with van der Waals surface area (Å²) in [6.45, 7) is 3.43. The zero-order valence-electron chi connectivity index (χ0n) is 7.78. The van der Waals surface area contributed by atoms with Crippen LogP contribution in [0.25, 0.3) is 11.6 Å². The van der Waals surface area contributed by atoms with Crippen LogP contribution in [0.3, 0.4) is 0 Å². The van der Waals surface area contributed by atoms with Crippen LogP contribution in [0.1, 0.15) is 11.5 Å². The highest BCUT2D eigenvalue weighted by atomic mass is 19.1. The van der Waals surface area contributed by atoms with E-state index in [0.29, 0.717) is 23.0 Å². The third-order valence-electron chi connectivity index (χ3n) is 1.77. The third-order valence-corrected chi connectivity index (χ3v) is 1.77. The van der Waals surface area contributed by atoms with Crippen molar-refractivity contribution in [3.8, 4) is 11.6 Å². The summed E-state index contributed by atoms with van der Waals surface area (Å²) < 4.78 is 17.9. The number of halogens is 1. The van der Waals surface area contributed by atoms with Crippen LogP contribution in [0.4, 0.5) is 4.39 Å². The molecule has 0 atom stereocenters. The zero-order valence-corrected chi connectivity index (χ0v) is 7.78. The van der Waals surface area contributed by atoms with E-state index < -0.39 is 0 Å². The van der Waals surface area contributed by atoms with Crippen molar-refractivity contribution in [2.45, 2.75) is 13.8 Å². The molecule has 2 rings (SSSR count). The van der Waals surface area contributed by atoms with Gasteiger partial charge in [0.05, 0.1) is 6.20 Å². The molecule has 0 saturated carbocycles. The second-order valence-corrected chi connectivity index (χ2v) is 2.95. The van der Waals surface area contributed by atoms with Gasteiger partial charge in [0.2, 0.25) is 5.89 Å². The monoisotopic (exact) mass is 193 g/mol. The van der Waals surface area contributed by atoms with Gasteiger partial charge >= 0.3 is 0 Å². The van der Waals surface area contributed by atoms with Gasteiger partial charge < -0.3 is 4.42 Å². The van der Waals surface area contributed by atoms with Crippen LogP contribution in [0.2, 0.25) is 0 Å². The van der Waals surface area contributed by atoms with Crippen molar-refractivity contribution in [1.82, 2.24) is 15.2 Å². The van der Waals surface area contributed by atoms with Crippen LogP contribution in [0, 0.1) is 19.7 Å². The van der Waals surface area contributed by atoms with Gasteiger partial charge in [-0.05, 0) is 18.6 Å². The highest BCUT2D eigenvalue weighted by Crippen LogP contribution is 2.19. The fourth-order valence-corrected chi connectivity index (χ4v) is 1.16. The van der Waals surface area contributed by atoms with Crippen LogP contribution in [0.15, 0.2) is 16.7 Å². The standard InChI is InChI=1S/C9H8FN3O/c1-5-3-7(10)4-11-8(5)9-13-12-6(2)14-9/h3-4H,1-2H3. The molecule has 0 saturated heterocycles. The largest absolute Gasteiger partial charge is 0.420 e. The lowest BCUT2D eigenvalue weighted by Gasteiger charge is -1.98. The van der Waals surface area contributed by atoms with Gasteiger partial charge in [0.1, 0.15) is 11.5 Å². The minimum atomic E-state index is -0.373. The molecule has 2 heterocycles. The first kappa shape index (κ1) is 8.80. The Bertz CT molecular complexity index is 467. The Morgan fingerprint density at radius 1 is 1.29 bits per heavy atom. The molecule has 0 fully saturated rings. The quantitative estimate of drug-likeness (QED) is 0.693. The summed E-state index contributed by atoms with van der Waals surface area (Å²) in [5, 5.41) is 7.48. The Labute approximate surface area is 79.8 Å². The second kappa shape index (κ2) is 3.17. The average Bonchev–Trinajstić information content (AvgIpc) is 2.51. The third kappa shape index (κ3) is 1.48. The Hall–Kier alpha value is -1.78. The molecule has 14 heavy (non-hydrogen) atoms. The molecule has 0 aromatic carbocycles. The minimum absolute atomic E-state index is 0.319. The van der Waals surface area contributed by atoms with Crippen molar-refractivity contribution in [2.24, 2.45) is 0 Å². The van der Waals surface area contributed by atoms with Gasteiger partial charge in [-0.1, -0.05) is 0 Å². The fraction of sp³-hybridized carbons (Fsp3) is 0.222. The molecule has 0 spiro atoms. The Morgan fingerprint density at radius 2 is 2.07 bits per heavy atom. The molecule has 0 radical (unpaired) electrons. The maximum atomic E-state index is 12.7. The van der Waals surface area contributed by atoms with Gasteiger partial charge in [0, 0.05) is 6.92 Å². The van der Waals surface area contributed by atoms with E-state index in [1.54, 1.807) is 13.8 Å². The summed E-state index contributed by atoms with van der Waals surface area (Å²) >= 11 is 0. The predicted molar refractivity (Wildman–Crippen MR) is 47.0 cm³/mol. The molecule has 0 aliphatic heterocycles. The van der Waals surface area contributed by atoms with Gasteiger partial charge in [-0.2, -0.15) is 0 Å². The van der Waals surface area contributed by atoms with Crippen LogP contribution in [0.5, 0.6) is 0 Å². The zero-order chi connectivity index (χ0) is 10.1. The van der Waals surface area contributed by atoms with Crippen molar-refractivity contribution in [2.75, 3.05) is 0 Å². The van der Waals surface area contributed by atoms with Crippen LogP contribution >= 0.6 is 0 Å². The first-order valence-electron chi connectivity index (χ1n) is 4.09. The topological polar surface area (TPSA) is 51.8 Å². The number of pyridine rings is 1. The number of aryl methyl sites for hydroxylation is 2. The molecule has 5 heteroatoms. The van der Waals surface area contributed by atoms with Gasteiger partial charge in [-0.25, -0.2) is 9.37 Å². The second-order valence-electron chi connectivity index (χ2n) is 2.95. The predicted octanol–water partition coefficient (Wildman–Crippen LogP) is 1.89. The van der Waals surface area contributed by atoms with E-state index >= 15 is 0 Å². The summed E-state index contributed by atoms with van der Waals surface area (Å²) in [5.41, 5.74) is 1.20. The summed E-state index contributed by atoms with van der Waals surface area (Å²) in [7, 11) is 0. The molecule has 72 valence electrons. The van der Waals surface area contributed by atoms with Crippen molar-refractivity contribution in [3.05, 3.63) is 29.5 Å². The molecule has 0 N–H and O–H groups in total. The molecule has 2 aromatic rings. The molecular formula is C9H8FN3O. The number of aromatic nitrogens is 3. The average molecular weight is 193 g/mol. The molecular weight excluding hydrogens is 185 g/mol. The first-order valence-corrected chi connectivity index (χ1v) is 4.09. The maximum absolute atomic E-state index is 12.7. The van der Waals surface area contributed by atoms with Crippen molar-refractivity contribution in [1.29, 1.82) is 0 Å². The highest BCUT2D eigenvalue weighted by Gasteiger charge is 2.10. The summed E-state index contributed by atoms with van der Waals surface area (Å²) in [6, 6.07) is 1.38. The molecule has 0 aliphatic carbocycles. The number of hydrogen-bond acceptors (Lipinski definition) is 4. The molecule has 0 amide bonds. The summed E-state index contributed by atoms with van der Waals surface area (Å²) in [5.74, 6) is 0.410. The molecule has 4 nitrogen and oxygen atoms in total. The Balaban J connectivity index is 2.52.